The van der Waals surface area contributed by atoms with Crippen molar-refractivity contribution in [3.8, 4) is 11.8 Å². The van der Waals surface area contributed by atoms with Gasteiger partial charge in [-0.1, -0.05) is 12.1 Å². The van der Waals surface area contributed by atoms with Crippen LogP contribution in [0, 0.1) is 17.1 Å². The van der Waals surface area contributed by atoms with Crippen molar-refractivity contribution in [1.82, 2.24) is 4.90 Å². The lowest BCUT2D eigenvalue weighted by molar-refractivity contribution is -0.122. The molecule has 32 heavy (non-hydrogen) atoms. The lowest BCUT2D eigenvalue weighted by atomic mass is 10.2. The van der Waals surface area contributed by atoms with Crippen LogP contribution in [0.4, 0.5) is 15.8 Å². The summed E-state index contributed by atoms with van der Waals surface area (Å²) in [6.07, 6.45) is -0.680. The number of anilines is 2. The van der Waals surface area contributed by atoms with E-state index in [1.54, 1.807) is 31.2 Å². The highest BCUT2D eigenvalue weighted by molar-refractivity contribution is 5.96. The van der Waals surface area contributed by atoms with Crippen molar-refractivity contribution in [1.29, 1.82) is 5.26 Å². The van der Waals surface area contributed by atoms with Crippen LogP contribution < -0.4 is 15.4 Å². The van der Waals surface area contributed by atoms with Gasteiger partial charge < -0.3 is 20.1 Å². The van der Waals surface area contributed by atoms with Crippen LogP contribution in [0.2, 0.25) is 0 Å². The van der Waals surface area contributed by atoms with E-state index in [-0.39, 0.29) is 18.0 Å². The van der Waals surface area contributed by atoms with Gasteiger partial charge in [0, 0.05) is 31.7 Å². The lowest BCUT2D eigenvalue weighted by Crippen LogP contribution is -2.38. The summed E-state index contributed by atoms with van der Waals surface area (Å²) < 4.78 is 25.0. The first kappa shape index (κ1) is 23.2. The van der Waals surface area contributed by atoms with E-state index in [0.29, 0.717) is 36.8 Å². The number of halogens is 1. The van der Waals surface area contributed by atoms with Gasteiger partial charge in [-0.25, -0.2) is 4.39 Å². The Kier molecular flexibility index (Phi) is 8.14. The molecule has 0 bridgehead atoms. The topological polar surface area (TPSA) is 104 Å². The fraction of sp³-hybridized carbons (Fsp3) is 0.348. The molecule has 0 aliphatic carbocycles. The first-order chi connectivity index (χ1) is 15.5. The summed E-state index contributed by atoms with van der Waals surface area (Å²) >= 11 is 0. The molecule has 0 radical (unpaired) electrons. The zero-order valence-electron chi connectivity index (χ0n) is 17.8. The van der Waals surface area contributed by atoms with Gasteiger partial charge >= 0.3 is 0 Å². The van der Waals surface area contributed by atoms with Crippen LogP contribution in [0.3, 0.4) is 0 Å². The van der Waals surface area contributed by atoms with Gasteiger partial charge in [0.25, 0.3) is 5.91 Å². The summed E-state index contributed by atoms with van der Waals surface area (Å²) in [5.41, 5.74) is 0.609. The first-order valence-electron chi connectivity index (χ1n) is 10.3. The van der Waals surface area contributed by atoms with Crippen LogP contribution >= 0.6 is 0 Å². The highest BCUT2D eigenvalue weighted by Crippen LogP contribution is 2.22. The summed E-state index contributed by atoms with van der Waals surface area (Å²) in [5.74, 6) is -1.10. The van der Waals surface area contributed by atoms with Gasteiger partial charge in [0.2, 0.25) is 5.91 Å². The number of carbonyl (C=O) groups excluding carboxylic acids is 2. The third-order valence-corrected chi connectivity index (χ3v) is 4.95. The fourth-order valence-electron chi connectivity index (χ4n) is 3.15. The summed E-state index contributed by atoms with van der Waals surface area (Å²) in [4.78, 5) is 26.9. The highest BCUT2D eigenvalue weighted by atomic mass is 19.1. The number of ether oxygens (including phenoxy) is 2. The van der Waals surface area contributed by atoms with Crippen LogP contribution in [0.15, 0.2) is 42.5 Å². The molecule has 0 saturated carbocycles. The number of carbonyl (C=O) groups is 2. The van der Waals surface area contributed by atoms with Crippen LogP contribution in [0.5, 0.6) is 5.75 Å². The SMILES string of the molecule is CC(Oc1ccccc1C#N)C(=O)Nc1ccc(F)c(NC(=O)CCN2CCOCC2)c1. The van der Waals surface area contributed by atoms with Gasteiger partial charge in [-0.2, -0.15) is 5.26 Å². The molecule has 1 unspecified atom stereocenters. The van der Waals surface area contributed by atoms with E-state index in [0.717, 1.165) is 13.1 Å². The van der Waals surface area contributed by atoms with E-state index in [1.165, 1.54) is 18.2 Å². The molecule has 1 fully saturated rings. The lowest BCUT2D eigenvalue weighted by Gasteiger charge is -2.26. The molecule has 2 aromatic carbocycles. The molecule has 1 aliphatic heterocycles. The summed E-state index contributed by atoms with van der Waals surface area (Å²) in [6.45, 7) is 4.92. The van der Waals surface area contributed by atoms with Crippen molar-refractivity contribution in [3.63, 3.8) is 0 Å². The number of hydrogen-bond donors (Lipinski definition) is 2. The second-order valence-corrected chi connectivity index (χ2v) is 7.30. The number of nitrogens with one attached hydrogen (secondary N) is 2. The maximum atomic E-state index is 14.2. The molecular weight excluding hydrogens is 415 g/mol. The molecule has 9 heteroatoms. The molecule has 1 aliphatic rings. The monoisotopic (exact) mass is 440 g/mol. The Hall–Kier alpha value is -3.48. The largest absolute Gasteiger partial charge is 0.480 e. The van der Waals surface area contributed by atoms with E-state index < -0.39 is 17.8 Å². The molecule has 2 N–H and O–H groups in total. The fourth-order valence-corrected chi connectivity index (χ4v) is 3.15. The number of rotatable bonds is 8. The summed E-state index contributed by atoms with van der Waals surface area (Å²) in [6, 6.07) is 12.5. The van der Waals surface area contributed by atoms with Crippen LogP contribution in [-0.2, 0) is 14.3 Å². The Morgan fingerprint density at radius 1 is 1.22 bits per heavy atom. The Labute approximate surface area is 185 Å². The van der Waals surface area contributed by atoms with Crippen LogP contribution in [-0.4, -0.2) is 55.7 Å². The zero-order chi connectivity index (χ0) is 22.9. The first-order valence-corrected chi connectivity index (χ1v) is 10.3. The Bertz CT molecular complexity index is 1000. The molecule has 2 aromatic rings. The molecule has 168 valence electrons. The maximum absolute atomic E-state index is 14.2. The number of amides is 2. The quantitative estimate of drug-likeness (QED) is 0.654. The molecule has 1 atom stereocenters. The standard InChI is InChI=1S/C23H25FN4O4/c1-16(32-21-5-3-2-4-17(21)15-25)23(30)26-18-6-7-19(24)20(14-18)27-22(29)8-9-28-10-12-31-13-11-28/h2-7,14,16H,8-13H2,1H3,(H,26,30)(H,27,29). The third kappa shape index (κ3) is 6.51. The molecule has 1 saturated heterocycles. The van der Waals surface area contributed by atoms with Gasteiger partial charge in [-0.05, 0) is 37.3 Å². The summed E-state index contributed by atoms with van der Waals surface area (Å²) in [5, 5.41) is 14.3. The second-order valence-electron chi connectivity index (χ2n) is 7.30. The molecular formula is C23H25FN4O4. The molecule has 1 heterocycles. The number of para-hydroxylation sites is 1. The van der Waals surface area contributed by atoms with Crippen molar-refractivity contribution >= 4 is 23.2 Å². The van der Waals surface area contributed by atoms with Crippen LogP contribution in [0.1, 0.15) is 18.9 Å². The van der Waals surface area contributed by atoms with E-state index in [1.807, 2.05) is 6.07 Å². The minimum absolute atomic E-state index is 0.0156. The van der Waals surface area contributed by atoms with Crippen molar-refractivity contribution in [2.45, 2.75) is 19.4 Å². The predicted molar refractivity (Wildman–Crippen MR) is 117 cm³/mol. The molecule has 2 amide bonds. The van der Waals surface area contributed by atoms with Crippen molar-refractivity contribution in [2.24, 2.45) is 0 Å². The number of benzene rings is 2. The van der Waals surface area contributed by atoms with Gasteiger partial charge in [0.15, 0.2) is 6.10 Å². The minimum atomic E-state index is -0.902. The highest BCUT2D eigenvalue weighted by Gasteiger charge is 2.18. The predicted octanol–water partition coefficient (Wildman–Crippen LogP) is 2.76. The normalized spacial score (nSPS) is 14.8. The number of morpholine rings is 1. The van der Waals surface area contributed by atoms with Crippen molar-refractivity contribution in [2.75, 3.05) is 43.5 Å². The Morgan fingerprint density at radius 3 is 2.72 bits per heavy atom. The molecule has 3 rings (SSSR count). The number of nitrogens with zero attached hydrogens (tertiary/aromatic N) is 2. The van der Waals surface area contributed by atoms with Crippen molar-refractivity contribution in [3.05, 3.63) is 53.8 Å². The van der Waals surface area contributed by atoms with Gasteiger partial charge in [0.1, 0.15) is 17.6 Å². The number of nitriles is 1. The van der Waals surface area contributed by atoms with Gasteiger partial charge in [0.05, 0.1) is 24.5 Å². The van der Waals surface area contributed by atoms with E-state index in [9.17, 15) is 14.0 Å². The number of hydrogen-bond acceptors (Lipinski definition) is 6. The molecule has 8 nitrogen and oxygen atoms in total. The Balaban J connectivity index is 1.56. The molecule has 0 aromatic heterocycles. The Morgan fingerprint density at radius 2 is 1.97 bits per heavy atom. The maximum Gasteiger partial charge on any atom is 0.265 e. The smallest absolute Gasteiger partial charge is 0.265 e. The van der Waals surface area contributed by atoms with E-state index in [2.05, 4.69) is 15.5 Å². The third-order valence-electron chi connectivity index (χ3n) is 4.95. The van der Waals surface area contributed by atoms with Gasteiger partial charge in [-0.15, -0.1) is 0 Å². The van der Waals surface area contributed by atoms with E-state index in [4.69, 9.17) is 14.7 Å². The second kappa shape index (κ2) is 11.2. The average Bonchev–Trinajstić information content (AvgIpc) is 2.81. The minimum Gasteiger partial charge on any atom is -0.480 e. The van der Waals surface area contributed by atoms with Crippen LogP contribution in [0.25, 0.3) is 0 Å². The zero-order valence-corrected chi connectivity index (χ0v) is 17.8. The van der Waals surface area contributed by atoms with Crippen molar-refractivity contribution < 1.29 is 23.5 Å². The summed E-state index contributed by atoms with van der Waals surface area (Å²) in [7, 11) is 0. The average molecular weight is 440 g/mol. The molecule has 0 spiro atoms. The van der Waals surface area contributed by atoms with E-state index >= 15 is 0 Å². The van der Waals surface area contributed by atoms with Gasteiger partial charge in [-0.3, -0.25) is 14.5 Å².